The molecule has 1 rings (SSSR count). The van der Waals surface area contributed by atoms with E-state index in [0.717, 1.165) is 6.42 Å². The third kappa shape index (κ3) is 4.32. The standard InChI is InChI=1S/C10H15N3O.ClH/c1-2-3-4-10(14)13-9-7-12-6-8(9)5-11;/h3-4,8-9,12H,2,6-7H2,1H3,(H,13,14);1H/b4-3+;. The lowest BCUT2D eigenvalue weighted by atomic mass is 10.1. The van der Waals surface area contributed by atoms with E-state index in [1.54, 1.807) is 6.08 Å². The molecule has 0 bridgehead atoms. The largest absolute Gasteiger partial charge is 0.347 e. The molecule has 0 saturated carbocycles. The van der Waals surface area contributed by atoms with Crippen molar-refractivity contribution in [1.29, 1.82) is 5.26 Å². The number of allylic oxidation sites excluding steroid dienone is 1. The van der Waals surface area contributed by atoms with Crippen molar-refractivity contribution in [3.63, 3.8) is 0 Å². The number of hydrogen-bond donors (Lipinski definition) is 2. The summed E-state index contributed by atoms with van der Waals surface area (Å²) >= 11 is 0. The summed E-state index contributed by atoms with van der Waals surface area (Å²) in [4.78, 5) is 11.3. The van der Waals surface area contributed by atoms with E-state index in [1.165, 1.54) is 6.08 Å². The second kappa shape index (κ2) is 7.27. The first-order valence-electron chi connectivity index (χ1n) is 4.85. The zero-order valence-electron chi connectivity index (χ0n) is 8.69. The second-order valence-electron chi connectivity index (χ2n) is 3.32. The van der Waals surface area contributed by atoms with Crippen LogP contribution < -0.4 is 10.6 Å². The van der Waals surface area contributed by atoms with Crippen LogP contribution in [0.3, 0.4) is 0 Å². The lowest BCUT2D eigenvalue weighted by Gasteiger charge is -2.12. The van der Waals surface area contributed by atoms with Gasteiger partial charge < -0.3 is 10.6 Å². The molecule has 1 saturated heterocycles. The number of nitrogens with one attached hydrogen (secondary N) is 2. The third-order valence-electron chi connectivity index (χ3n) is 2.21. The Balaban J connectivity index is 0.00000196. The SMILES string of the molecule is CC/C=C/C(=O)NC1CNCC1C#N.Cl. The van der Waals surface area contributed by atoms with Gasteiger partial charge in [0.15, 0.2) is 0 Å². The van der Waals surface area contributed by atoms with Crippen molar-refractivity contribution in [2.24, 2.45) is 5.92 Å². The molecule has 1 heterocycles. The fourth-order valence-electron chi connectivity index (χ4n) is 1.42. The topological polar surface area (TPSA) is 64.9 Å². The van der Waals surface area contributed by atoms with Crippen LogP contribution in [0.15, 0.2) is 12.2 Å². The van der Waals surface area contributed by atoms with Crippen molar-refractivity contribution in [2.45, 2.75) is 19.4 Å². The van der Waals surface area contributed by atoms with Gasteiger partial charge in [0.05, 0.1) is 18.0 Å². The van der Waals surface area contributed by atoms with Gasteiger partial charge in [0.1, 0.15) is 0 Å². The van der Waals surface area contributed by atoms with Crippen molar-refractivity contribution in [3.05, 3.63) is 12.2 Å². The highest BCUT2D eigenvalue weighted by Gasteiger charge is 2.27. The maximum Gasteiger partial charge on any atom is 0.243 e. The quantitative estimate of drug-likeness (QED) is 0.697. The van der Waals surface area contributed by atoms with Gasteiger partial charge in [-0.05, 0) is 12.5 Å². The van der Waals surface area contributed by atoms with E-state index >= 15 is 0 Å². The van der Waals surface area contributed by atoms with E-state index in [-0.39, 0.29) is 30.3 Å². The minimum absolute atomic E-state index is 0. The number of carbonyl (C=O) groups is 1. The van der Waals surface area contributed by atoms with E-state index in [4.69, 9.17) is 5.26 Å². The molecule has 1 aliphatic rings. The molecule has 1 aliphatic heterocycles. The number of amides is 1. The Kier molecular flexibility index (Phi) is 6.76. The molecular formula is C10H16ClN3O. The monoisotopic (exact) mass is 229 g/mol. The average Bonchev–Trinajstić information content (AvgIpc) is 2.62. The summed E-state index contributed by atoms with van der Waals surface area (Å²) in [5.41, 5.74) is 0. The number of carbonyl (C=O) groups excluding carboxylic acids is 1. The zero-order valence-corrected chi connectivity index (χ0v) is 9.51. The summed E-state index contributed by atoms with van der Waals surface area (Å²) in [6, 6.07) is 2.13. The van der Waals surface area contributed by atoms with E-state index in [1.807, 2.05) is 6.92 Å². The zero-order chi connectivity index (χ0) is 10.4. The van der Waals surface area contributed by atoms with Gasteiger partial charge in [0.2, 0.25) is 5.91 Å². The van der Waals surface area contributed by atoms with Crippen molar-refractivity contribution in [2.75, 3.05) is 13.1 Å². The summed E-state index contributed by atoms with van der Waals surface area (Å²) < 4.78 is 0. The Morgan fingerprint density at radius 1 is 1.67 bits per heavy atom. The fraction of sp³-hybridized carbons (Fsp3) is 0.600. The Labute approximate surface area is 96.1 Å². The van der Waals surface area contributed by atoms with Gasteiger partial charge in [0, 0.05) is 13.1 Å². The van der Waals surface area contributed by atoms with Crippen LogP contribution in [0.1, 0.15) is 13.3 Å². The molecule has 1 amide bonds. The van der Waals surface area contributed by atoms with Crippen LogP contribution in [0.2, 0.25) is 0 Å². The minimum atomic E-state index is -0.110. The van der Waals surface area contributed by atoms with E-state index in [2.05, 4.69) is 16.7 Å². The summed E-state index contributed by atoms with van der Waals surface area (Å²) in [5, 5.41) is 14.6. The molecule has 2 N–H and O–H groups in total. The molecule has 2 unspecified atom stereocenters. The van der Waals surface area contributed by atoms with E-state index in [0.29, 0.717) is 13.1 Å². The Morgan fingerprint density at radius 3 is 3.00 bits per heavy atom. The molecule has 0 radical (unpaired) electrons. The van der Waals surface area contributed by atoms with Gasteiger partial charge in [-0.2, -0.15) is 5.26 Å². The van der Waals surface area contributed by atoms with Gasteiger partial charge in [-0.15, -0.1) is 12.4 Å². The van der Waals surface area contributed by atoms with Crippen molar-refractivity contribution in [1.82, 2.24) is 10.6 Å². The highest BCUT2D eigenvalue weighted by Crippen LogP contribution is 2.06. The molecule has 5 heteroatoms. The number of rotatable bonds is 3. The summed E-state index contributed by atoms with van der Waals surface area (Å²) in [6.45, 7) is 3.32. The predicted octanol–water partition coefficient (Wildman–Crippen LogP) is 0.602. The Bertz CT molecular complexity index is 272. The van der Waals surface area contributed by atoms with Crippen LogP contribution >= 0.6 is 12.4 Å². The van der Waals surface area contributed by atoms with Crippen molar-refractivity contribution in [3.8, 4) is 6.07 Å². The van der Waals surface area contributed by atoms with Gasteiger partial charge in [-0.1, -0.05) is 13.0 Å². The van der Waals surface area contributed by atoms with Crippen LogP contribution in [0, 0.1) is 17.2 Å². The van der Waals surface area contributed by atoms with Gasteiger partial charge in [-0.25, -0.2) is 0 Å². The fourth-order valence-corrected chi connectivity index (χ4v) is 1.42. The Morgan fingerprint density at radius 2 is 2.40 bits per heavy atom. The minimum Gasteiger partial charge on any atom is -0.347 e. The van der Waals surface area contributed by atoms with Gasteiger partial charge in [0.25, 0.3) is 0 Å². The van der Waals surface area contributed by atoms with E-state index in [9.17, 15) is 4.79 Å². The molecule has 2 atom stereocenters. The molecule has 0 aromatic carbocycles. The van der Waals surface area contributed by atoms with Gasteiger partial charge in [-0.3, -0.25) is 4.79 Å². The summed E-state index contributed by atoms with van der Waals surface area (Å²) in [6.07, 6.45) is 4.17. The first kappa shape index (κ1) is 13.9. The molecule has 0 aliphatic carbocycles. The van der Waals surface area contributed by atoms with Crippen LogP contribution in [-0.2, 0) is 4.79 Å². The maximum absolute atomic E-state index is 11.3. The van der Waals surface area contributed by atoms with Crippen LogP contribution in [0.25, 0.3) is 0 Å². The molecule has 15 heavy (non-hydrogen) atoms. The molecule has 4 nitrogen and oxygen atoms in total. The normalized spacial score (nSPS) is 24.5. The molecule has 0 aromatic heterocycles. The molecule has 0 aromatic rings. The molecule has 0 spiro atoms. The van der Waals surface area contributed by atoms with Crippen molar-refractivity contribution < 1.29 is 4.79 Å². The predicted molar refractivity (Wildman–Crippen MR) is 60.6 cm³/mol. The number of nitriles is 1. The molecule has 1 fully saturated rings. The van der Waals surface area contributed by atoms with Crippen LogP contribution in [0.5, 0.6) is 0 Å². The lowest BCUT2D eigenvalue weighted by Crippen LogP contribution is -2.39. The van der Waals surface area contributed by atoms with Gasteiger partial charge >= 0.3 is 0 Å². The number of nitrogens with zero attached hydrogens (tertiary/aromatic N) is 1. The lowest BCUT2D eigenvalue weighted by molar-refractivity contribution is -0.117. The van der Waals surface area contributed by atoms with E-state index < -0.39 is 0 Å². The number of hydrogen-bond acceptors (Lipinski definition) is 3. The highest BCUT2D eigenvalue weighted by atomic mass is 35.5. The number of halogens is 1. The second-order valence-corrected chi connectivity index (χ2v) is 3.32. The van der Waals surface area contributed by atoms with Crippen molar-refractivity contribution >= 4 is 18.3 Å². The first-order chi connectivity index (χ1) is 6.77. The average molecular weight is 230 g/mol. The maximum atomic E-state index is 11.3. The van der Waals surface area contributed by atoms with Crippen LogP contribution in [-0.4, -0.2) is 25.0 Å². The first-order valence-corrected chi connectivity index (χ1v) is 4.85. The highest BCUT2D eigenvalue weighted by molar-refractivity contribution is 5.87. The Hall–Kier alpha value is -1.05. The van der Waals surface area contributed by atoms with Crippen LogP contribution in [0.4, 0.5) is 0 Å². The molecular weight excluding hydrogens is 214 g/mol. The summed E-state index contributed by atoms with van der Waals surface area (Å²) in [7, 11) is 0. The third-order valence-corrected chi connectivity index (χ3v) is 2.21. The summed E-state index contributed by atoms with van der Waals surface area (Å²) in [5.74, 6) is -0.213. The smallest absolute Gasteiger partial charge is 0.243 e. The molecule has 84 valence electrons.